The zero-order valence-electron chi connectivity index (χ0n) is 18.9. The minimum absolute atomic E-state index is 0.105. The number of carboxylic acid groups (broad SMARTS) is 1. The first kappa shape index (κ1) is 23.3. The van der Waals surface area contributed by atoms with Crippen molar-refractivity contribution in [3.05, 3.63) is 41.7 Å². The fraction of sp³-hybridized carbons (Fsp3) is 0.480. The minimum Gasteiger partial charge on any atom is -0.497 e. The number of halogens is 1. The van der Waals surface area contributed by atoms with Crippen LogP contribution in [-0.2, 0) is 20.9 Å². The van der Waals surface area contributed by atoms with Gasteiger partial charge in [-0.25, -0.2) is 9.18 Å². The third-order valence-corrected chi connectivity index (χ3v) is 5.92. The van der Waals surface area contributed by atoms with Crippen LogP contribution in [0.25, 0.3) is 11.1 Å². The van der Waals surface area contributed by atoms with E-state index in [-0.39, 0.29) is 31.3 Å². The Bertz CT molecular complexity index is 996. The number of carboxylic acids is 1. The van der Waals surface area contributed by atoms with Crippen LogP contribution in [0.3, 0.4) is 0 Å². The fourth-order valence-electron chi connectivity index (χ4n) is 3.89. The summed E-state index contributed by atoms with van der Waals surface area (Å²) in [5, 5.41) is 9.83. The quantitative estimate of drug-likeness (QED) is 0.555. The zero-order chi connectivity index (χ0) is 23.4. The van der Waals surface area contributed by atoms with Gasteiger partial charge in [0.15, 0.2) is 11.6 Å². The molecule has 33 heavy (non-hydrogen) atoms. The molecular formula is C25H29FO7. The maximum absolute atomic E-state index is 15.3. The first-order chi connectivity index (χ1) is 16.0. The number of aliphatic carboxylic acids is 1. The van der Waals surface area contributed by atoms with Crippen LogP contribution < -0.4 is 14.2 Å². The van der Waals surface area contributed by atoms with Gasteiger partial charge in [-0.15, -0.1) is 0 Å². The molecule has 178 valence electrons. The van der Waals surface area contributed by atoms with E-state index in [1.807, 2.05) is 0 Å². The summed E-state index contributed by atoms with van der Waals surface area (Å²) in [5.41, 5.74) is 0.272. The maximum atomic E-state index is 15.3. The molecule has 0 radical (unpaired) electrons. The van der Waals surface area contributed by atoms with E-state index < -0.39 is 17.4 Å². The van der Waals surface area contributed by atoms with Crippen molar-refractivity contribution in [1.82, 2.24) is 0 Å². The molecule has 0 amide bonds. The SMILES string of the molecule is CCOc1cc(OC)cc(-c2ccc(OC3(C(=O)O)CCOCC3)cc2COC2CC2)c1F. The first-order valence-corrected chi connectivity index (χ1v) is 11.2. The predicted octanol–water partition coefficient (Wildman–Crippen LogP) is 4.59. The normalized spacial score (nSPS) is 17.4. The molecule has 7 nitrogen and oxygen atoms in total. The lowest BCUT2D eigenvalue weighted by Gasteiger charge is -2.33. The van der Waals surface area contributed by atoms with Crippen LogP contribution in [0.1, 0.15) is 38.2 Å². The summed E-state index contributed by atoms with van der Waals surface area (Å²) >= 11 is 0. The molecule has 8 heteroatoms. The van der Waals surface area contributed by atoms with Gasteiger partial charge in [0.2, 0.25) is 5.60 Å². The van der Waals surface area contributed by atoms with Crippen LogP contribution in [0, 0.1) is 5.82 Å². The van der Waals surface area contributed by atoms with Crippen molar-refractivity contribution in [2.24, 2.45) is 0 Å². The van der Waals surface area contributed by atoms with E-state index >= 15 is 4.39 Å². The Morgan fingerprint density at radius 3 is 2.55 bits per heavy atom. The largest absolute Gasteiger partial charge is 0.497 e. The van der Waals surface area contributed by atoms with Gasteiger partial charge in [-0.3, -0.25) is 0 Å². The van der Waals surface area contributed by atoms with E-state index in [4.69, 9.17) is 23.7 Å². The Labute approximate surface area is 192 Å². The Hall–Kier alpha value is -2.84. The highest BCUT2D eigenvalue weighted by atomic mass is 19.1. The molecule has 2 aromatic rings. The predicted molar refractivity (Wildman–Crippen MR) is 118 cm³/mol. The molecule has 2 fully saturated rings. The maximum Gasteiger partial charge on any atom is 0.348 e. The second kappa shape index (κ2) is 9.97. The third kappa shape index (κ3) is 5.23. The fourth-order valence-corrected chi connectivity index (χ4v) is 3.89. The zero-order valence-corrected chi connectivity index (χ0v) is 18.9. The van der Waals surface area contributed by atoms with Crippen molar-refractivity contribution in [3.63, 3.8) is 0 Å². The first-order valence-electron chi connectivity index (χ1n) is 11.2. The van der Waals surface area contributed by atoms with Gasteiger partial charge in [-0.1, -0.05) is 6.07 Å². The summed E-state index contributed by atoms with van der Waals surface area (Å²) in [5.74, 6) is -0.549. The molecule has 0 bridgehead atoms. The highest BCUT2D eigenvalue weighted by Crippen LogP contribution is 2.39. The van der Waals surface area contributed by atoms with E-state index in [2.05, 4.69) is 0 Å². The minimum atomic E-state index is -1.35. The Kier molecular flexibility index (Phi) is 7.05. The molecule has 1 aliphatic heterocycles. The molecule has 1 saturated carbocycles. The van der Waals surface area contributed by atoms with Crippen molar-refractivity contribution in [3.8, 4) is 28.4 Å². The van der Waals surface area contributed by atoms with Gasteiger partial charge in [0.25, 0.3) is 0 Å². The van der Waals surface area contributed by atoms with Gasteiger partial charge < -0.3 is 28.8 Å². The number of hydrogen-bond donors (Lipinski definition) is 1. The van der Waals surface area contributed by atoms with Gasteiger partial charge in [0, 0.05) is 24.5 Å². The van der Waals surface area contributed by atoms with Crippen molar-refractivity contribution >= 4 is 5.97 Å². The van der Waals surface area contributed by atoms with Gasteiger partial charge in [0.05, 0.1) is 39.6 Å². The lowest BCUT2D eigenvalue weighted by molar-refractivity contribution is -0.163. The Morgan fingerprint density at radius 2 is 1.91 bits per heavy atom. The van der Waals surface area contributed by atoms with Crippen LogP contribution in [-0.4, -0.2) is 49.7 Å². The smallest absolute Gasteiger partial charge is 0.348 e. The Balaban J connectivity index is 1.73. The lowest BCUT2D eigenvalue weighted by atomic mass is 9.93. The van der Waals surface area contributed by atoms with Crippen molar-refractivity contribution in [1.29, 1.82) is 0 Å². The third-order valence-electron chi connectivity index (χ3n) is 5.92. The number of rotatable bonds is 10. The number of ether oxygens (including phenoxy) is 5. The molecule has 0 unspecified atom stereocenters. The molecule has 2 aliphatic rings. The van der Waals surface area contributed by atoms with E-state index in [1.54, 1.807) is 31.2 Å². The van der Waals surface area contributed by atoms with Gasteiger partial charge in [0.1, 0.15) is 11.5 Å². The summed E-state index contributed by atoms with van der Waals surface area (Å²) in [6.45, 7) is 2.98. The monoisotopic (exact) mass is 460 g/mol. The molecule has 2 aromatic carbocycles. The van der Waals surface area contributed by atoms with E-state index in [0.717, 1.165) is 12.8 Å². The van der Waals surface area contributed by atoms with Crippen LogP contribution in [0.4, 0.5) is 4.39 Å². The Morgan fingerprint density at radius 1 is 1.15 bits per heavy atom. The molecule has 1 N–H and O–H groups in total. The number of methoxy groups -OCH3 is 1. The van der Waals surface area contributed by atoms with Crippen molar-refractivity contribution < 1.29 is 38.0 Å². The topological polar surface area (TPSA) is 83.5 Å². The van der Waals surface area contributed by atoms with Gasteiger partial charge >= 0.3 is 5.97 Å². The highest BCUT2D eigenvalue weighted by Gasteiger charge is 2.43. The second-order valence-corrected chi connectivity index (χ2v) is 8.26. The number of hydrogen-bond acceptors (Lipinski definition) is 6. The molecule has 4 rings (SSSR count). The summed E-state index contributed by atoms with van der Waals surface area (Å²) in [6, 6.07) is 8.25. The average Bonchev–Trinajstić information content (AvgIpc) is 3.65. The van der Waals surface area contributed by atoms with E-state index in [1.165, 1.54) is 13.2 Å². The number of benzene rings is 2. The standard InChI is InChI=1S/C25H29FO7/c1-3-31-22-14-19(29-2)13-21(23(22)26)20-7-6-18(12-16(20)15-32-17-4-5-17)33-25(24(27)28)8-10-30-11-9-25/h6-7,12-14,17H,3-5,8-11,15H2,1-2H3,(H,27,28). The summed E-state index contributed by atoms with van der Waals surface area (Å²) < 4.78 is 43.4. The summed E-state index contributed by atoms with van der Waals surface area (Å²) in [4.78, 5) is 12.0. The van der Waals surface area contributed by atoms with Crippen molar-refractivity contribution in [2.45, 2.75) is 50.9 Å². The summed E-state index contributed by atoms with van der Waals surface area (Å²) in [6.07, 6.45) is 2.68. The van der Waals surface area contributed by atoms with Crippen LogP contribution in [0.5, 0.6) is 17.2 Å². The molecule has 1 heterocycles. The molecule has 0 atom stereocenters. The molecular weight excluding hydrogens is 431 g/mol. The van der Waals surface area contributed by atoms with E-state index in [9.17, 15) is 9.90 Å². The summed E-state index contributed by atoms with van der Waals surface area (Å²) in [7, 11) is 1.51. The molecule has 1 saturated heterocycles. The van der Waals surface area contributed by atoms with E-state index in [0.29, 0.717) is 48.0 Å². The van der Waals surface area contributed by atoms with Crippen LogP contribution in [0.15, 0.2) is 30.3 Å². The second-order valence-electron chi connectivity index (χ2n) is 8.26. The van der Waals surface area contributed by atoms with Gasteiger partial charge in [-0.2, -0.15) is 0 Å². The van der Waals surface area contributed by atoms with Gasteiger partial charge in [-0.05, 0) is 49.1 Å². The average molecular weight is 460 g/mol. The highest BCUT2D eigenvalue weighted by molar-refractivity contribution is 5.78. The molecule has 1 aliphatic carbocycles. The van der Waals surface area contributed by atoms with Crippen molar-refractivity contribution in [2.75, 3.05) is 26.9 Å². The van der Waals surface area contributed by atoms with Crippen LogP contribution in [0.2, 0.25) is 0 Å². The molecule has 0 spiro atoms. The van der Waals surface area contributed by atoms with Crippen LogP contribution >= 0.6 is 0 Å². The lowest BCUT2D eigenvalue weighted by Crippen LogP contribution is -2.49. The number of carbonyl (C=O) groups is 1. The molecule has 0 aromatic heterocycles.